The summed E-state index contributed by atoms with van der Waals surface area (Å²) in [6.45, 7) is 19.6. The normalized spacial score (nSPS) is 14.0. The molecule has 4 heteroatoms. The van der Waals surface area contributed by atoms with E-state index in [-0.39, 0.29) is 12.6 Å². The highest BCUT2D eigenvalue weighted by atomic mass is 16.5. The van der Waals surface area contributed by atoms with E-state index in [0.717, 1.165) is 61.1 Å². The van der Waals surface area contributed by atoms with Gasteiger partial charge in [0, 0.05) is 24.4 Å². The average molecular weight is 548 g/mol. The summed E-state index contributed by atoms with van der Waals surface area (Å²) in [5, 5.41) is 9.41. The topological polar surface area (TPSA) is 49.8 Å². The summed E-state index contributed by atoms with van der Waals surface area (Å²) in [6, 6.07) is 0. The number of aliphatic hydroxyl groups is 1. The van der Waals surface area contributed by atoms with Crippen LogP contribution in [0.25, 0.3) is 0 Å². The second kappa shape index (κ2) is 23.6. The van der Waals surface area contributed by atoms with Gasteiger partial charge in [-0.25, -0.2) is 0 Å². The van der Waals surface area contributed by atoms with Gasteiger partial charge in [0.05, 0.1) is 19.6 Å². The number of unbranched alkanes of at least 4 members (excludes halogenated alkanes) is 4. The van der Waals surface area contributed by atoms with Crippen LogP contribution in [-0.4, -0.2) is 42.8 Å². The van der Waals surface area contributed by atoms with Gasteiger partial charge in [-0.3, -0.25) is 4.79 Å². The van der Waals surface area contributed by atoms with Crippen LogP contribution in [0.4, 0.5) is 0 Å². The number of hydrogen-bond donors (Lipinski definition) is 1. The summed E-state index contributed by atoms with van der Waals surface area (Å²) in [4.78, 5) is 14.4. The van der Waals surface area contributed by atoms with Crippen molar-refractivity contribution in [2.24, 2.45) is 5.92 Å². The van der Waals surface area contributed by atoms with Crippen LogP contribution in [0.15, 0.2) is 95.8 Å². The van der Waals surface area contributed by atoms with Gasteiger partial charge in [-0.2, -0.15) is 0 Å². The van der Waals surface area contributed by atoms with Crippen LogP contribution in [0.3, 0.4) is 0 Å². The van der Waals surface area contributed by atoms with Crippen molar-refractivity contribution in [1.29, 1.82) is 0 Å². The minimum Gasteiger partial charge on any atom is -0.469 e. The third kappa shape index (κ3) is 17.3. The Morgan fingerprint density at radius 2 is 1.70 bits per heavy atom. The first-order valence-corrected chi connectivity index (χ1v) is 14.6. The minimum absolute atomic E-state index is 0.0656. The van der Waals surface area contributed by atoms with Crippen LogP contribution in [0, 0.1) is 17.8 Å². The molecule has 0 aromatic rings. The zero-order valence-corrected chi connectivity index (χ0v) is 26.0. The molecule has 4 nitrogen and oxygen atoms in total. The van der Waals surface area contributed by atoms with Gasteiger partial charge in [0.2, 0.25) is 0 Å². The second-order valence-corrected chi connectivity index (χ2v) is 9.96. The SMILES string of the molecule is C=C/C(=C\C=C(/C)C#C/C(C=C)=C/C=C(\C)CN(CCCCCC)C(/C=C\CO)=C/C(C)C(=O)OC)CCCC. The number of ether oxygens (including phenoxy) is 1. The third-order valence-electron chi connectivity index (χ3n) is 6.27. The molecule has 0 saturated heterocycles. The molecule has 1 N–H and O–H groups in total. The van der Waals surface area contributed by atoms with Gasteiger partial charge in [-0.1, -0.05) is 107 Å². The van der Waals surface area contributed by atoms with E-state index in [9.17, 15) is 9.90 Å². The van der Waals surface area contributed by atoms with E-state index in [1.54, 1.807) is 12.2 Å². The lowest BCUT2D eigenvalue weighted by Gasteiger charge is -2.27. The van der Waals surface area contributed by atoms with Gasteiger partial charge in [0.15, 0.2) is 0 Å². The van der Waals surface area contributed by atoms with Crippen LogP contribution in [-0.2, 0) is 9.53 Å². The Labute approximate surface area is 245 Å². The minimum atomic E-state index is -0.395. The Morgan fingerprint density at radius 3 is 2.30 bits per heavy atom. The molecule has 220 valence electrons. The lowest BCUT2D eigenvalue weighted by molar-refractivity contribution is -0.143. The fourth-order valence-corrected chi connectivity index (χ4v) is 3.80. The van der Waals surface area contributed by atoms with Crippen LogP contribution in [0.5, 0.6) is 0 Å². The Kier molecular flexibility index (Phi) is 21.6. The predicted molar refractivity (Wildman–Crippen MR) is 173 cm³/mol. The third-order valence-corrected chi connectivity index (χ3v) is 6.27. The molecule has 40 heavy (non-hydrogen) atoms. The molecule has 0 aliphatic heterocycles. The van der Waals surface area contributed by atoms with Crippen molar-refractivity contribution < 1.29 is 14.6 Å². The highest BCUT2D eigenvalue weighted by Crippen LogP contribution is 2.16. The first kappa shape index (κ1) is 36.7. The fourth-order valence-electron chi connectivity index (χ4n) is 3.80. The van der Waals surface area contributed by atoms with Crippen LogP contribution < -0.4 is 0 Å². The van der Waals surface area contributed by atoms with Crippen molar-refractivity contribution in [2.45, 2.75) is 79.6 Å². The molecule has 0 aromatic carbocycles. The van der Waals surface area contributed by atoms with Gasteiger partial charge >= 0.3 is 5.97 Å². The second-order valence-electron chi connectivity index (χ2n) is 9.96. The number of rotatable bonds is 19. The average Bonchev–Trinajstić information content (AvgIpc) is 2.96. The van der Waals surface area contributed by atoms with Gasteiger partial charge < -0.3 is 14.7 Å². The summed E-state index contributed by atoms with van der Waals surface area (Å²) in [5.41, 5.74) is 5.09. The van der Waals surface area contributed by atoms with Crippen molar-refractivity contribution in [3.8, 4) is 11.8 Å². The standard InChI is InChI=1S/C36H53NO3/c1-9-13-15-16-26-37(35(19-17-27-38)28-32(7)36(39)40-8)29-31(6)22-25-34(12-4)24-21-30(5)20-23-33(11-3)18-14-10-2/h11-12,17,19-20,22-23,25,28,32,38H,3-4,9-10,13-16,18,26-27,29H2,1-2,5-8H3/b19-17-,30-20+,31-22+,33-23+,34-25+,35-28+. The van der Waals surface area contributed by atoms with Crippen molar-refractivity contribution in [3.63, 3.8) is 0 Å². The van der Waals surface area contributed by atoms with E-state index < -0.39 is 5.92 Å². The summed E-state index contributed by atoms with van der Waals surface area (Å²) in [7, 11) is 1.40. The summed E-state index contributed by atoms with van der Waals surface area (Å²) < 4.78 is 4.93. The number of allylic oxidation sites excluding steroid dienone is 10. The van der Waals surface area contributed by atoms with Crippen molar-refractivity contribution >= 4 is 5.97 Å². The number of esters is 1. The molecule has 0 aliphatic rings. The number of nitrogens with zero attached hydrogens (tertiary/aromatic N) is 1. The monoisotopic (exact) mass is 547 g/mol. The highest BCUT2D eigenvalue weighted by molar-refractivity contribution is 5.74. The summed E-state index contributed by atoms with van der Waals surface area (Å²) in [5.74, 6) is 5.76. The van der Waals surface area contributed by atoms with Gasteiger partial charge in [0.25, 0.3) is 0 Å². The Morgan fingerprint density at radius 1 is 0.975 bits per heavy atom. The number of methoxy groups -OCH3 is 1. The highest BCUT2D eigenvalue weighted by Gasteiger charge is 2.14. The lowest BCUT2D eigenvalue weighted by Crippen LogP contribution is -2.27. The van der Waals surface area contributed by atoms with E-state index in [2.05, 4.69) is 62.8 Å². The number of hydrogen-bond acceptors (Lipinski definition) is 4. The zero-order valence-electron chi connectivity index (χ0n) is 26.0. The number of carbonyl (C=O) groups is 1. The van der Waals surface area contributed by atoms with Crippen LogP contribution >= 0.6 is 0 Å². The maximum absolute atomic E-state index is 12.1. The molecule has 0 fully saturated rings. The smallest absolute Gasteiger partial charge is 0.312 e. The molecule has 0 bridgehead atoms. The molecule has 0 radical (unpaired) electrons. The number of aliphatic hydroxyl groups excluding tert-OH is 1. The van der Waals surface area contributed by atoms with E-state index in [4.69, 9.17) is 4.74 Å². The van der Waals surface area contributed by atoms with Crippen LogP contribution in [0.2, 0.25) is 0 Å². The van der Waals surface area contributed by atoms with Crippen molar-refractivity contribution in [3.05, 3.63) is 95.8 Å². The van der Waals surface area contributed by atoms with Gasteiger partial charge in [-0.05, 0) is 69.4 Å². The molecular weight excluding hydrogens is 494 g/mol. The quantitative estimate of drug-likeness (QED) is 0.0763. The molecule has 1 unspecified atom stereocenters. The first-order chi connectivity index (χ1) is 19.3. The van der Waals surface area contributed by atoms with E-state index in [1.165, 1.54) is 25.5 Å². The lowest BCUT2D eigenvalue weighted by atomic mass is 10.1. The molecule has 0 heterocycles. The van der Waals surface area contributed by atoms with E-state index in [1.807, 2.05) is 44.2 Å². The Hall–Kier alpha value is -3.29. The van der Waals surface area contributed by atoms with Gasteiger partial charge in [-0.15, -0.1) is 0 Å². The number of carbonyl (C=O) groups excluding carboxylic acids is 1. The largest absolute Gasteiger partial charge is 0.469 e. The van der Waals surface area contributed by atoms with Crippen LogP contribution in [0.1, 0.15) is 79.6 Å². The summed E-state index contributed by atoms with van der Waals surface area (Å²) >= 11 is 0. The Bertz CT molecular complexity index is 1020. The molecular formula is C36H53NO3. The molecule has 0 aromatic heterocycles. The molecule has 0 aliphatic carbocycles. The predicted octanol–water partition coefficient (Wildman–Crippen LogP) is 8.42. The fraction of sp³-hybridized carbons (Fsp3) is 0.472. The van der Waals surface area contributed by atoms with E-state index >= 15 is 0 Å². The summed E-state index contributed by atoms with van der Waals surface area (Å²) in [6.07, 6.45) is 25.3. The molecule has 0 amide bonds. The molecule has 0 saturated carbocycles. The van der Waals surface area contributed by atoms with Crippen molar-refractivity contribution in [2.75, 3.05) is 26.8 Å². The molecule has 1 atom stereocenters. The maximum atomic E-state index is 12.1. The maximum Gasteiger partial charge on any atom is 0.312 e. The zero-order chi connectivity index (χ0) is 30.2. The van der Waals surface area contributed by atoms with E-state index in [0.29, 0.717) is 6.54 Å². The Balaban J connectivity index is 5.94. The molecule has 0 spiro atoms. The van der Waals surface area contributed by atoms with Gasteiger partial charge in [0.1, 0.15) is 0 Å². The van der Waals surface area contributed by atoms with Crippen molar-refractivity contribution in [1.82, 2.24) is 4.90 Å². The molecule has 0 rings (SSSR count). The first-order valence-electron chi connectivity index (χ1n) is 14.6.